The Bertz CT molecular complexity index is 527. The molecule has 3 unspecified atom stereocenters. The first-order valence-electron chi connectivity index (χ1n) is 6.37. The lowest BCUT2D eigenvalue weighted by atomic mass is 9.86. The first kappa shape index (κ1) is 14.3. The minimum absolute atomic E-state index is 0.138. The molecule has 108 valence electrons. The fraction of sp³-hybridized carbons (Fsp3) is 0.429. The molecule has 0 aromatic heterocycles. The van der Waals surface area contributed by atoms with E-state index in [0.717, 1.165) is 5.56 Å². The quantitative estimate of drug-likeness (QED) is 0.612. The minimum atomic E-state index is -1.51. The second kappa shape index (κ2) is 5.13. The van der Waals surface area contributed by atoms with Crippen molar-refractivity contribution >= 4 is 11.9 Å². The van der Waals surface area contributed by atoms with Crippen molar-refractivity contribution in [3.8, 4) is 5.75 Å². The SMILES string of the molecule is NC(CCc1ccc(O)cc1)(C(=O)O)C1CC1C(=O)O. The topological polar surface area (TPSA) is 121 Å². The molecule has 3 atom stereocenters. The molecule has 2 rings (SSSR count). The number of hydrogen-bond acceptors (Lipinski definition) is 4. The zero-order valence-corrected chi connectivity index (χ0v) is 10.8. The van der Waals surface area contributed by atoms with Crippen molar-refractivity contribution in [2.24, 2.45) is 17.6 Å². The predicted octanol–water partition coefficient (Wildman–Crippen LogP) is 0.828. The summed E-state index contributed by atoms with van der Waals surface area (Å²) in [7, 11) is 0. The Morgan fingerprint density at radius 1 is 1.25 bits per heavy atom. The largest absolute Gasteiger partial charge is 0.508 e. The van der Waals surface area contributed by atoms with Crippen LogP contribution in [0.3, 0.4) is 0 Å². The summed E-state index contributed by atoms with van der Waals surface area (Å²) in [4.78, 5) is 22.3. The van der Waals surface area contributed by atoms with Gasteiger partial charge in [-0.05, 0) is 37.0 Å². The van der Waals surface area contributed by atoms with Crippen molar-refractivity contribution in [1.29, 1.82) is 0 Å². The number of hydrogen-bond donors (Lipinski definition) is 4. The lowest BCUT2D eigenvalue weighted by molar-refractivity contribution is -0.145. The van der Waals surface area contributed by atoms with E-state index in [0.29, 0.717) is 12.8 Å². The van der Waals surface area contributed by atoms with Crippen LogP contribution in [0.4, 0.5) is 0 Å². The van der Waals surface area contributed by atoms with Gasteiger partial charge in [0.25, 0.3) is 0 Å². The molecule has 6 nitrogen and oxygen atoms in total. The summed E-state index contributed by atoms with van der Waals surface area (Å²) in [5.41, 5.74) is 5.28. The Labute approximate surface area is 115 Å². The second-order valence-corrected chi connectivity index (χ2v) is 5.30. The van der Waals surface area contributed by atoms with Crippen LogP contribution < -0.4 is 5.73 Å². The van der Waals surface area contributed by atoms with Crippen LogP contribution in [0.15, 0.2) is 24.3 Å². The maximum atomic E-state index is 11.4. The Morgan fingerprint density at radius 3 is 2.30 bits per heavy atom. The normalized spacial score (nSPS) is 23.9. The van der Waals surface area contributed by atoms with Gasteiger partial charge in [-0.15, -0.1) is 0 Å². The standard InChI is InChI=1S/C14H17NO5/c15-14(13(19)20,11-7-10(11)12(17)18)6-5-8-1-3-9(16)4-2-8/h1-4,10-11,16H,5-7,15H2,(H,17,18)(H,19,20). The molecule has 0 spiro atoms. The van der Waals surface area contributed by atoms with Gasteiger partial charge in [0, 0.05) is 5.92 Å². The third-order valence-corrected chi connectivity index (χ3v) is 3.93. The molecule has 1 aliphatic carbocycles. The number of aryl methyl sites for hydroxylation is 1. The predicted molar refractivity (Wildman–Crippen MR) is 70.2 cm³/mol. The maximum absolute atomic E-state index is 11.4. The van der Waals surface area contributed by atoms with E-state index in [2.05, 4.69) is 0 Å². The molecule has 1 aromatic carbocycles. The number of benzene rings is 1. The smallest absolute Gasteiger partial charge is 0.324 e. The molecule has 1 aromatic rings. The van der Waals surface area contributed by atoms with Crippen LogP contribution in [0.5, 0.6) is 5.75 Å². The third-order valence-electron chi connectivity index (χ3n) is 3.93. The van der Waals surface area contributed by atoms with Crippen LogP contribution in [0.1, 0.15) is 18.4 Å². The number of aliphatic carboxylic acids is 2. The molecule has 1 aliphatic rings. The molecule has 0 aliphatic heterocycles. The van der Waals surface area contributed by atoms with Gasteiger partial charge >= 0.3 is 11.9 Å². The lowest BCUT2D eigenvalue weighted by Gasteiger charge is -2.25. The summed E-state index contributed by atoms with van der Waals surface area (Å²) >= 11 is 0. The number of carboxylic acids is 2. The highest BCUT2D eigenvalue weighted by Gasteiger charge is 2.57. The molecule has 1 fully saturated rings. The van der Waals surface area contributed by atoms with Crippen LogP contribution in [-0.4, -0.2) is 32.8 Å². The molecule has 0 bridgehead atoms. The summed E-state index contributed by atoms with van der Waals surface area (Å²) in [5.74, 6) is -3.19. The minimum Gasteiger partial charge on any atom is -0.508 e. The number of carbonyl (C=O) groups is 2. The van der Waals surface area contributed by atoms with Crippen LogP contribution >= 0.6 is 0 Å². The summed E-state index contributed by atoms with van der Waals surface area (Å²) < 4.78 is 0. The number of aromatic hydroxyl groups is 1. The van der Waals surface area contributed by atoms with Gasteiger partial charge in [0.15, 0.2) is 0 Å². The van der Waals surface area contributed by atoms with Crippen LogP contribution in [0, 0.1) is 11.8 Å². The Hall–Kier alpha value is -2.08. The summed E-state index contributed by atoms with van der Waals surface area (Å²) in [5, 5.41) is 27.4. The fourth-order valence-corrected chi connectivity index (χ4v) is 2.50. The monoisotopic (exact) mass is 279 g/mol. The molecule has 0 heterocycles. The maximum Gasteiger partial charge on any atom is 0.324 e. The van der Waals surface area contributed by atoms with Crippen molar-refractivity contribution in [1.82, 2.24) is 0 Å². The number of phenols is 1. The Morgan fingerprint density at radius 2 is 1.85 bits per heavy atom. The van der Waals surface area contributed by atoms with E-state index in [1.54, 1.807) is 12.1 Å². The van der Waals surface area contributed by atoms with E-state index in [9.17, 15) is 19.8 Å². The highest BCUT2D eigenvalue weighted by molar-refractivity contribution is 5.83. The number of carboxylic acid groups (broad SMARTS) is 2. The zero-order chi connectivity index (χ0) is 14.9. The Balaban J connectivity index is 2.05. The molecule has 1 saturated carbocycles. The van der Waals surface area contributed by atoms with E-state index in [4.69, 9.17) is 10.8 Å². The van der Waals surface area contributed by atoms with Gasteiger partial charge in [0.1, 0.15) is 11.3 Å². The molecular weight excluding hydrogens is 262 g/mol. The van der Waals surface area contributed by atoms with Crippen molar-refractivity contribution < 1.29 is 24.9 Å². The van der Waals surface area contributed by atoms with Crippen LogP contribution in [-0.2, 0) is 16.0 Å². The van der Waals surface area contributed by atoms with Gasteiger partial charge in [-0.3, -0.25) is 9.59 Å². The number of rotatable bonds is 6. The second-order valence-electron chi connectivity index (χ2n) is 5.30. The average Bonchev–Trinajstić information content (AvgIpc) is 3.18. The summed E-state index contributed by atoms with van der Waals surface area (Å²) in [6.45, 7) is 0. The number of nitrogens with two attached hydrogens (primary N) is 1. The highest BCUT2D eigenvalue weighted by atomic mass is 16.4. The first-order valence-corrected chi connectivity index (χ1v) is 6.37. The summed E-state index contributed by atoms with van der Waals surface area (Å²) in [6, 6.07) is 6.43. The summed E-state index contributed by atoms with van der Waals surface area (Å²) in [6.07, 6.45) is 0.904. The van der Waals surface area contributed by atoms with E-state index in [1.807, 2.05) is 0 Å². The number of phenolic OH excluding ortho intramolecular Hbond substituents is 1. The zero-order valence-electron chi connectivity index (χ0n) is 10.8. The van der Waals surface area contributed by atoms with Crippen molar-refractivity contribution in [2.45, 2.75) is 24.8 Å². The molecule has 0 saturated heterocycles. The molecular formula is C14H17NO5. The highest BCUT2D eigenvalue weighted by Crippen LogP contribution is 2.47. The van der Waals surface area contributed by atoms with Gasteiger partial charge in [0.05, 0.1) is 5.92 Å². The van der Waals surface area contributed by atoms with E-state index in [-0.39, 0.29) is 12.2 Å². The van der Waals surface area contributed by atoms with Crippen molar-refractivity contribution in [3.63, 3.8) is 0 Å². The molecule has 6 heteroatoms. The van der Waals surface area contributed by atoms with Crippen molar-refractivity contribution in [3.05, 3.63) is 29.8 Å². The fourth-order valence-electron chi connectivity index (χ4n) is 2.50. The van der Waals surface area contributed by atoms with Gasteiger partial charge < -0.3 is 21.1 Å². The van der Waals surface area contributed by atoms with Crippen LogP contribution in [0.2, 0.25) is 0 Å². The van der Waals surface area contributed by atoms with Crippen LogP contribution in [0.25, 0.3) is 0 Å². The molecule has 20 heavy (non-hydrogen) atoms. The van der Waals surface area contributed by atoms with E-state index >= 15 is 0 Å². The first-order chi connectivity index (χ1) is 9.34. The Kier molecular flexibility index (Phi) is 3.67. The average molecular weight is 279 g/mol. The van der Waals surface area contributed by atoms with E-state index in [1.165, 1.54) is 12.1 Å². The van der Waals surface area contributed by atoms with Gasteiger partial charge in [-0.25, -0.2) is 0 Å². The third kappa shape index (κ3) is 2.75. The van der Waals surface area contributed by atoms with Gasteiger partial charge in [0.2, 0.25) is 0 Å². The van der Waals surface area contributed by atoms with E-state index < -0.39 is 29.3 Å². The van der Waals surface area contributed by atoms with Gasteiger partial charge in [-0.2, -0.15) is 0 Å². The molecule has 0 amide bonds. The molecule has 5 N–H and O–H groups in total. The molecule has 0 radical (unpaired) electrons. The lowest BCUT2D eigenvalue weighted by Crippen LogP contribution is -2.51. The van der Waals surface area contributed by atoms with Gasteiger partial charge in [-0.1, -0.05) is 12.1 Å². The van der Waals surface area contributed by atoms with Crippen molar-refractivity contribution in [2.75, 3.05) is 0 Å².